The molecule has 3 N–H and O–H groups in total. The van der Waals surface area contributed by atoms with E-state index in [-0.39, 0.29) is 12.5 Å². The molecule has 2 heterocycles. The molecule has 1 saturated heterocycles. The van der Waals surface area contributed by atoms with E-state index in [9.17, 15) is 4.79 Å². The Bertz CT molecular complexity index is 476. The molecule has 2 rings (SSSR count). The molecule has 0 aromatic carbocycles. The molecule has 0 radical (unpaired) electrons. The van der Waals surface area contributed by atoms with Crippen molar-refractivity contribution in [3.63, 3.8) is 0 Å². The largest absolute Gasteiger partial charge is 0.396 e. The van der Waals surface area contributed by atoms with Gasteiger partial charge in [-0.25, -0.2) is 0 Å². The van der Waals surface area contributed by atoms with Gasteiger partial charge in [0.05, 0.1) is 17.1 Å². The van der Waals surface area contributed by atoms with Crippen LogP contribution < -0.4 is 11.1 Å². The first-order valence-corrected chi connectivity index (χ1v) is 7.29. The van der Waals surface area contributed by atoms with Crippen molar-refractivity contribution in [2.75, 3.05) is 25.4 Å². The first-order valence-electron chi connectivity index (χ1n) is 7.29. The number of nitrogens with two attached hydrogens (primary N) is 1. The second-order valence-corrected chi connectivity index (χ2v) is 5.64. The van der Waals surface area contributed by atoms with E-state index in [2.05, 4.69) is 22.2 Å². The van der Waals surface area contributed by atoms with Gasteiger partial charge in [-0.15, -0.1) is 0 Å². The zero-order valence-corrected chi connectivity index (χ0v) is 12.6. The zero-order chi connectivity index (χ0) is 14.7. The second kappa shape index (κ2) is 6.26. The van der Waals surface area contributed by atoms with Crippen LogP contribution in [0.5, 0.6) is 0 Å². The van der Waals surface area contributed by atoms with Crippen LogP contribution in [-0.4, -0.2) is 46.3 Å². The van der Waals surface area contributed by atoms with Crippen molar-refractivity contribution in [1.82, 2.24) is 20.0 Å². The average Bonchev–Trinajstić information content (AvgIpc) is 3.02. The normalized spacial score (nSPS) is 17.4. The topological polar surface area (TPSA) is 76.2 Å². The Morgan fingerprint density at radius 2 is 2.05 bits per heavy atom. The number of hydrogen-bond donors (Lipinski definition) is 2. The molecule has 6 nitrogen and oxygen atoms in total. The third-order valence-corrected chi connectivity index (χ3v) is 4.09. The van der Waals surface area contributed by atoms with Gasteiger partial charge < -0.3 is 11.1 Å². The minimum Gasteiger partial charge on any atom is -0.396 e. The lowest BCUT2D eigenvalue weighted by Crippen LogP contribution is -2.41. The monoisotopic (exact) mass is 279 g/mol. The molecule has 20 heavy (non-hydrogen) atoms. The number of nitrogens with one attached hydrogen (secondary N) is 1. The molecule has 1 aromatic heterocycles. The van der Waals surface area contributed by atoms with Crippen molar-refractivity contribution < 1.29 is 4.79 Å². The molecule has 112 valence electrons. The van der Waals surface area contributed by atoms with Gasteiger partial charge >= 0.3 is 0 Å². The Kier molecular flexibility index (Phi) is 4.65. The highest BCUT2D eigenvalue weighted by atomic mass is 16.2. The summed E-state index contributed by atoms with van der Waals surface area (Å²) in [5.74, 6) is -0.0124. The van der Waals surface area contributed by atoms with Gasteiger partial charge in [-0.2, -0.15) is 5.10 Å². The summed E-state index contributed by atoms with van der Waals surface area (Å²) in [6.07, 6.45) is 2.53. The van der Waals surface area contributed by atoms with Crippen LogP contribution in [0.1, 0.15) is 31.2 Å². The Hall–Kier alpha value is -1.56. The smallest absolute Gasteiger partial charge is 0.241 e. The van der Waals surface area contributed by atoms with Crippen molar-refractivity contribution in [2.24, 2.45) is 0 Å². The summed E-state index contributed by atoms with van der Waals surface area (Å²) in [5.41, 5.74) is 8.16. The number of aromatic nitrogens is 2. The summed E-state index contributed by atoms with van der Waals surface area (Å²) in [4.78, 5) is 14.4. The Morgan fingerprint density at radius 1 is 1.40 bits per heavy atom. The highest BCUT2D eigenvalue weighted by molar-refractivity contribution is 5.76. The zero-order valence-electron chi connectivity index (χ0n) is 12.6. The average molecular weight is 279 g/mol. The van der Waals surface area contributed by atoms with E-state index in [1.807, 2.05) is 13.8 Å². The molecular weight excluding hydrogens is 254 g/mol. The number of anilines is 1. The van der Waals surface area contributed by atoms with E-state index in [0.717, 1.165) is 24.5 Å². The minimum atomic E-state index is -0.0124. The van der Waals surface area contributed by atoms with Crippen LogP contribution in [0.3, 0.4) is 0 Å². The predicted molar refractivity (Wildman–Crippen MR) is 79.4 cm³/mol. The van der Waals surface area contributed by atoms with Crippen molar-refractivity contribution in [3.8, 4) is 0 Å². The Balaban J connectivity index is 1.81. The number of nitrogen functional groups attached to an aromatic ring is 1. The molecule has 0 bridgehead atoms. The molecule has 1 atom stereocenters. The number of rotatable bonds is 5. The maximum atomic E-state index is 12.0. The van der Waals surface area contributed by atoms with Crippen molar-refractivity contribution >= 4 is 11.6 Å². The molecular formula is C14H25N5O. The highest BCUT2D eigenvalue weighted by Gasteiger charge is 2.18. The summed E-state index contributed by atoms with van der Waals surface area (Å²) in [6.45, 7) is 9.11. The fourth-order valence-corrected chi connectivity index (χ4v) is 2.63. The van der Waals surface area contributed by atoms with E-state index in [0.29, 0.717) is 18.3 Å². The number of nitrogens with zero attached hydrogens (tertiary/aromatic N) is 3. The SMILES string of the molecule is Cc1nn(CC(=O)NCC(C)N2CCCC2)c(C)c1N. The molecule has 1 aliphatic rings. The molecule has 1 fully saturated rings. The number of aryl methyl sites for hydroxylation is 1. The maximum absolute atomic E-state index is 12.0. The summed E-state index contributed by atoms with van der Waals surface area (Å²) in [6, 6.07) is 0.395. The van der Waals surface area contributed by atoms with Gasteiger partial charge in [0.25, 0.3) is 0 Å². The van der Waals surface area contributed by atoms with Gasteiger partial charge in [-0.05, 0) is 46.7 Å². The van der Waals surface area contributed by atoms with E-state index >= 15 is 0 Å². The Labute approximate surface area is 120 Å². The van der Waals surface area contributed by atoms with Gasteiger partial charge in [-0.1, -0.05) is 0 Å². The third-order valence-electron chi connectivity index (χ3n) is 4.09. The van der Waals surface area contributed by atoms with Crippen LogP contribution in [-0.2, 0) is 11.3 Å². The van der Waals surface area contributed by atoms with Gasteiger partial charge in [0.1, 0.15) is 6.54 Å². The van der Waals surface area contributed by atoms with Crippen LogP contribution >= 0.6 is 0 Å². The van der Waals surface area contributed by atoms with Crippen LogP contribution in [0, 0.1) is 13.8 Å². The van der Waals surface area contributed by atoms with Crippen LogP contribution in [0.25, 0.3) is 0 Å². The first kappa shape index (κ1) is 14.8. The summed E-state index contributed by atoms with van der Waals surface area (Å²) >= 11 is 0. The molecule has 1 aliphatic heterocycles. The fraction of sp³-hybridized carbons (Fsp3) is 0.714. The molecule has 6 heteroatoms. The van der Waals surface area contributed by atoms with Gasteiger partial charge in [0.15, 0.2) is 0 Å². The van der Waals surface area contributed by atoms with E-state index in [4.69, 9.17) is 5.73 Å². The number of likely N-dealkylation sites (tertiary alicyclic amines) is 1. The molecule has 0 spiro atoms. The minimum absolute atomic E-state index is 0.0124. The summed E-state index contributed by atoms with van der Waals surface area (Å²) in [7, 11) is 0. The number of carbonyl (C=O) groups excluding carboxylic acids is 1. The van der Waals surface area contributed by atoms with E-state index < -0.39 is 0 Å². The lowest BCUT2D eigenvalue weighted by Gasteiger charge is -2.23. The van der Waals surface area contributed by atoms with E-state index in [1.165, 1.54) is 12.8 Å². The highest BCUT2D eigenvalue weighted by Crippen LogP contribution is 2.14. The molecule has 1 aromatic rings. The Morgan fingerprint density at radius 3 is 2.60 bits per heavy atom. The number of hydrogen-bond acceptors (Lipinski definition) is 4. The predicted octanol–water partition coefficient (Wildman–Crippen LogP) is 0.683. The van der Waals surface area contributed by atoms with Gasteiger partial charge in [0, 0.05) is 12.6 Å². The van der Waals surface area contributed by atoms with E-state index in [1.54, 1.807) is 4.68 Å². The van der Waals surface area contributed by atoms with Crippen LogP contribution in [0.15, 0.2) is 0 Å². The molecule has 0 aliphatic carbocycles. The quantitative estimate of drug-likeness (QED) is 0.831. The number of carbonyl (C=O) groups is 1. The molecule has 1 unspecified atom stereocenters. The summed E-state index contributed by atoms with van der Waals surface area (Å²) < 4.78 is 1.67. The van der Waals surface area contributed by atoms with Gasteiger partial charge in [-0.3, -0.25) is 14.4 Å². The summed E-state index contributed by atoms with van der Waals surface area (Å²) in [5, 5.41) is 7.26. The van der Waals surface area contributed by atoms with Crippen molar-refractivity contribution in [1.29, 1.82) is 0 Å². The van der Waals surface area contributed by atoms with Crippen LogP contribution in [0.2, 0.25) is 0 Å². The van der Waals surface area contributed by atoms with Crippen LogP contribution in [0.4, 0.5) is 5.69 Å². The third kappa shape index (κ3) is 3.30. The standard InChI is InChI=1S/C14H25N5O/c1-10(18-6-4-5-7-18)8-16-13(20)9-19-12(3)14(15)11(2)17-19/h10H,4-9,15H2,1-3H3,(H,16,20). The van der Waals surface area contributed by atoms with Gasteiger partial charge in [0.2, 0.25) is 5.91 Å². The first-order chi connectivity index (χ1) is 9.49. The maximum Gasteiger partial charge on any atom is 0.241 e. The van der Waals surface area contributed by atoms with Crippen molar-refractivity contribution in [2.45, 2.75) is 46.2 Å². The second-order valence-electron chi connectivity index (χ2n) is 5.64. The number of amides is 1. The fourth-order valence-electron chi connectivity index (χ4n) is 2.63. The molecule has 0 saturated carbocycles. The molecule has 1 amide bonds. The lowest BCUT2D eigenvalue weighted by molar-refractivity contribution is -0.122. The lowest BCUT2D eigenvalue weighted by atomic mass is 10.3. The van der Waals surface area contributed by atoms with Crippen molar-refractivity contribution in [3.05, 3.63) is 11.4 Å².